The maximum atomic E-state index is 12.2. The Bertz CT molecular complexity index is 699. The van der Waals surface area contributed by atoms with Gasteiger partial charge in [-0.25, -0.2) is 4.98 Å². The van der Waals surface area contributed by atoms with Gasteiger partial charge in [0.1, 0.15) is 5.75 Å². The molecule has 3 N–H and O–H groups in total. The van der Waals surface area contributed by atoms with Crippen LogP contribution in [-0.4, -0.2) is 28.7 Å². The molecule has 0 fully saturated rings. The van der Waals surface area contributed by atoms with E-state index in [1.807, 2.05) is 19.2 Å². The highest BCUT2D eigenvalue weighted by atomic mass is 32.2. The van der Waals surface area contributed by atoms with E-state index in [0.717, 1.165) is 11.4 Å². The summed E-state index contributed by atoms with van der Waals surface area (Å²) in [6.45, 7) is 3.89. The topological polar surface area (TPSA) is 94.3 Å². The number of carbonyl (C=O) groups is 2. The Morgan fingerprint density at radius 1 is 1.33 bits per heavy atom. The Balaban J connectivity index is 1.90. The number of carbonyl (C=O) groups excluding carboxylic acids is 2. The van der Waals surface area contributed by atoms with Crippen molar-refractivity contribution in [2.75, 3.05) is 11.1 Å². The van der Waals surface area contributed by atoms with Gasteiger partial charge in [-0.3, -0.25) is 14.9 Å². The summed E-state index contributed by atoms with van der Waals surface area (Å²) in [5.74, 6) is 0.982. The molecular weight excluding hydrogens is 346 g/mol. The molecule has 0 bridgehead atoms. The number of primary amides is 1. The smallest absolute Gasteiger partial charge is 0.257 e. The first-order chi connectivity index (χ1) is 11.4. The highest BCUT2D eigenvalue weighted by Gasteiger charge is 2.10. The van der Waals surface area contributed by atoms with Crippen molar-refractivity contribution in [3.63, 3.8) is 0 Å². The quantitative estimate of drug-likeness (QED) is 0.750. The van der Waals surface area contributed by atoms with Crippen LogP contribution in [0.2, 0.25) is 0 Å². The van der Waals surface area contributed by atoms with Gasteiger partial charge in [-0.1, -0.05) is 0 Å². The molecule has 1 aromatic heterocycles. The Labute approximate surface area is 148 Å². The molecule has 0 aliphatic rings. The molecule has 0 spiro atoms. The Hall–Kier alpha value is -2.06. The van der Waals surface area contributed by atoms with Crippen LogP contribution in [0.4, 0.5) is 5.13 Å². The average molecular weight is 365 g/mol. The molecule has 0 unspecified atom stereocenters. The summed E-state index contributed by atoms with van der Waals surface area (Å²) < 4.78 is 5.55. The third-order valence-corrected chi connectivity index (χ3v) is 4.55. The van der Waals surface area contributed by atoms with Gasteiger partial charge in [0.15, 0.2) is 5.13 Å². The number of nitrogens with one attached hydrogen (secondary N) is 1. The van der Waals surface area contributed by atoms with E-state index in [1.165, 1.54) is 23.1 Å². The maximum Gasteiger partial charge on any atom is 0.257 e. The minimum Gasteiger partial charge on any atom is -0.491 e. The summed E-state index contributed by atoms with van der Waals surface area (Å²) in [6.07, 6.45) is 0.0888. The second-order valence-corrected chi connectivity index (χ2v) is 7.09. The van der Waals surface area contributed by atoms with Crippen LogP contribution in [0.25, 0.3) is 0 Å². The molecule has 0 saturated carbocycles. The first-order valence-corrected chi connectivity index (χ1v) is 9.36. The number of benzene rings is 1. The first-order valence-electron chi connectivity index (χ1n) is 7.32. The number of ether oxygens (including phenoxy) is 1. The van der Waals surface area contributed by atoms with Gasteiger partial charge in [0, 0.05) is 16.7 Å². The molecule has 1 aromatic carbocycles. The fraction of sp³-hybridized carbons (Fsp3) is 0.312. The Morgan fingerprint density at radius 3 is 2.67 bits per heavy atom. The minimum absolute atomic E-state index is 0.0888. The second kappa shape index (κ2) is 8.70. The van der Waals surface area contributed by atoms with Crippen LogP contribution in [0, 0.1) is 0 Å². The minimum atomic E-state index is -0.353. The maximum absolute atomic E-state index is 12.2. The van der Waals surface area contributed by atoms with Crippen molar-refractivity contribution in [1.29, 1.82) is 0 Å². The van der Waals surface area contributed by atoms with Crippen molar-refractivity contribution in [3.8, 4) is 5.75 Å². The lowest BCUT2D eigenvalue weighted by atomic mass is 10.2. The number of nitrogens with zero attached hydrogens (tertiary/aromatic N) is 1. The molecule has 0 atom stereocenters. The van der Waals surface area contributed by atoms with Crippen molar-refractivity contribution in [2.45, 2.75) is 25.7 Å². The lowest BCUT2D eigenvalue weighted by Crippen LogP contribution is -2.13. The van der Waals surface area contributed by atoms with Gasteiger partial charge in [-0.2, -0.15) is 0 Å². The summed E-state index contributed by atoms with van der Waals surface area (Å²) in [5.41, 5.74) is 6.43. The third-order valence-electron chi connectivity index (χ3n) is 2.75. The lowest BCUT2D eigenvalue weighted by Gasteiger charge is -2.09. The van der Waals surface area contributed by atoms with Crippen LogP contribution in [0.15, 0.2) is 29.6 Å². The normalized spacial score (nSPS) is 10.6. The highest BCUT2D eigenvalue weighted by molar-refractivity contribution is 7.99. The van der Waals surface area contributed by atoms with E-state index in [2.05, 4.69) is 10.3 Å². The van der Waals surface area contributed by atoms with E-state index >= 15 is 0 Å². The predicted octanol–water partition coefficient (Wildman–Crippen LogP) is 2.90. The SMILES string of the molecule is CC(C)Oc1ccc(C(=O)Nc2nc(CSCC(N)=O)cs2)cc1. The lowest BCUT2D eigenvalue weighted by molar-refractivity contribution is -0.115. The van der Waals surface area contributed by atoms with Crippen LogP contribution in [0.3, 0.4) is 0 Å². The van der Waals surface area contributed by atoms with Crippen LogP contribution < -0.4 is 15.8 Å². The summed E-state index contributed by atoms with van der Waals surface area (Å²) >= 11 is 2.74. The van der Waals surface area contributed by atoms with Gasteiger partial charge in [0.2, 0.25) is 5.91 Å². The molecule has 0 saturated heterocycles. The van der Waals surface area contributed by atoms with Crippen molar-refractivity contribution < 1.29 is 14.3 Å². The van der Waals surface area contributed by atoms with E-state index < -0.39 is 0 Å². The van der Waals surface area contributed by atoms with Gasteiger partial charge < -0.3 is 10.5 Å². The standard InChI is InChI=1S/C16H19N3O3S2/c1-10(2)22-13-5-3-11(4-6-13)15(21)19-16-18-12(8-24-16)7-23-9-14(17)20/h3-6,8,10H,7,9H2,1-2H3,(H2,17,20)(H,18,19,21). The van der Waals surface area contributed by atoms with Crippen molar-refractivity contribution in [1.82, 2.24) is 4.98 Å². The number of nitrogens with two attached hydrogens (primary N) is 1. The molecular formula is C16H19N3O3S2. The molecule has 0 aliphatic carbocycles. The molecule has 2 rings (SSSR count). The molecule has 2 amide bonds. The molecule has 0 radical (unpaired) electrons. The largest absolute Gasteiger partial charge is 0.491 e. The zero-order chi connectivity index (χ0) is 17.5. The summed E-state index contributed by atoms with van der Waals surface area (Å²) in [7, 11) is 0. The number of thioether (sulfide) groups is 1. The summed E-state index contributed by atoms with van der Waals surface area (Å²) in [4.78, 5) is 27.2. The number of anilines is 1. The number of rotatable bonds is 8. The van der Waals surface area contributed by atoms with Gasteiger partial charge in [-0.15, -0.1) is 23.1 Å². The number of thiazole rings is 1. The first kappa shape index (κ1) is 18.3. The van der Waals surface area contributed by atoms with Crippen molar-refractivity contribution in [3.05, 3.63) is 40.9 Å². The molecule has 128 valence electrons. The number of aromatic nitrogens is 1. The molecule has 24 heavy (non-hydrogen) atoms. The molecule has 1 heterocycles. The second-order valence-electron chi connectivity index (χ2n) is 5.25. The van der Waals surface area contributed by atoms with Gasteiger partial charge in [0.05, 0.1) is 17.6 Å². The molecule has 0 aliphatic heterocycles. The highest BCUT2D eigenvalue weighted by Crippen LogP contribution is 2.21. The molecule has 2 aromatic rings. The fourth-order valence-corrected chi connectivity index (χ4v) is 3.28. The monoisotopic (exact) mass is 365 g/mol. The zero-order valence-electron chi connectivity index (χ0n) is 13.4. The zero-order valence-corrected chi connectivity index (χ0v) is 15.1. The van der Waals surface area contributed by atoms with Crippen molar-refractivity contribution in [2.24, 2.45) is 5.73 Å². The fourth-order valence-electron chi connectivity index (χ4n) is 1.81. The van der Waals surface area contributed by atoms with Gasteiger partial charge in [-0.05, 0) is 38.1 Å². The summed E-state index contributed by atoms with van der Waals surface area (Å²) in [5, 5.41) is 5.14. The van der Waals surface area contributed by atoms with Gasteiger partial charge in [0.25, 0.3) is 5.91 Å². The Kier molecular flexibility index (Phi) is 6.62. The van der Waals surface area contributed by atoms with E-state index in [9.17, 15) is 9.59 Å². The number of hydrogen-bond acceptors (Lipinski definition) is 6. The molecule has 8 heteroatoms. The predicted molar refractivity (Wildman–Crippen MR) is 97.6 cm³/mol. The van der Waals surface area contributed by atoms with Crippen LogP contribution >= 0.6 is 23.1 Å². The van der Waals surface area contributed by atoms with Crippen LogP contribution in [-0.2, 0) is 10.5 Å². The van der Waals surface area contributed by atoms with E-state index in [-0.39, 0.29) is 23.7 Å². The van der Waals surface area contributed by atoms with E-state index in [4.69, 9.17) is 10.5 Å². The van der Waals surface area contributed by atoms with Gasteiger partial charge >= 0.3 is 0 Å². The average Bonchev–Trinajstić information content (AvgIpc) is 2.94. The van der Waals surface area contributed by atoms with Crippen LogP contribution in [0.5, 0.6) is 5.75 Å². The number of hydrogen-bond donors (Lipinski definition) is 2. The van der Waals surface area contributed by atoms with Crippen LogP contribution in [0.1, 0.15) is 29.9 Å². The van der Waals surface area contributed by atoms with E-state index in [0.29, 0.717) is 16.4 Å². The summed E-state index contributed by atoms with van der Waals surface area (Å²) in [6, 6.07) is 6.96. The van der Waals surface area contributed by atoms with E-state index in [1.54, 1.807) is 24.3 Å². The molecule has 6 nitrogen and oxygen atoms in total. The number of amides is 2. The third kappa shape index (κ3) is 5.86. The Morgan fingerprint density at radius 2 is 2.04 bits per heavy atom. The van der Waals surface area contributed by atoms with Crippen molar-refractivity contribution >= 4 is 40.0 Å².